The van der Waals surface area contributed by atoms with Gasteiger partial charge in [-0.3, -0.25) is 9.59 Å². The molecule has 4 nitrogen and oxygen atoms in total. The largest absolute Gasteiger partial charge is 0.351 e. The molecule has 1 saturated carbocycles. The van der Waals surface area contributed by atoms with E-state index >= 15 is 0 Å². The first-order valence-corrected chi connectivity index (χ1v) is 11.5. The average molecular weight is 465 g/mol. The zero-order valence-electron chi connectivity index (χ0n) is 17.3. The van der Waals surface area contributed by atoms with Gasteiger partial charge in [0.25, 0.3) is 0 Å². The first-order chi connectivity index (χ1) is 15.0. The van der Waals surface area contributed by atoms with Gasteiger partial charge in [0.1, 0.15) is 11.9 Å². The van der Waals surface area contributed by atoms with E-state index in [1.165, 1.54) is 23.5 Å². The lowest BCUT2D eigenvalue weighted by molar-refractivity contribution is -0.141. The van der Waals surface area contributed by atoms with Crippen molar-refractivity contribution in [3.63, 3.8) is 0 Å². The minimum atomic E-state index is -0.833. The summed E-state index contributed by atoms with van der Waals surface area (Å²) in [7, 11) is 0. The average Bonchev–Trinajstić information content (AvgIpc) is 2.77. The highest BCUT2D eigenvalue weighted by molar-refractivity contribution is 6.30. The Bertz CT molecular complexity index is 868. The summed E-state index contributed by atoms with van der Waals surface area (Å²) in [6.07, 6.45) is 5.32. The van der Waals surface area contributed by atoms with Crippen molar-refractivity contribution in [2.75, 3.05) is 5.88 Å². The molecule has 7 heteroatoms. The van der Waals surface area contributed by atoms with Gasteiger partial charge < -0.3 is 10.2 Å². The van der Waals surface area contributed by atoms with Gasteiger partial charge >= 0.3 is 0 Å². The SMILES string of the molecule is O=C(NC1CCCCC1)[C@H](c1ccc(Cl)cc1)N(Cc1ccc(F)cc1)C(=O)CCCl. The minimum absolute atomic E-state index is 0.101. The molecule has 0 bridgehead atoms. The zero-order valence-corrected chi connectivity index (χ0v) is 18.8. The summed E-state index contributed by atoms with van der Waals surface area (Å²) in [6, 6.07) is 12.1. The van der Waals surface area contributed by atoms with Crippen LogP contribution in [0.25, 0.3) is 0 Å². The van der Waals surface area contributed by atoms with Crippen LogP contribution >= 0.6 is 23.2 Å². The molecule has 0 radical (unpaired) electrons. The molecule has 0 spiro atoms. The van der Waals surface area contributed by atoms with E-state index in [9.17, 15) is 14.0 Å². The van der Waals surface area contributed by atoms with Crippen LogP contribution in [-0.4, -0.2) is 28.6 Å². The van der Waals surface area contributed by atoms with E-state index in [-0.39, 0.29) is 42.5 Å². The quantitative estimate of drug-likeness (QED) is 0.514. The van der Waals surface area contributed by atoms with E-state index in [1.54, 1.807) is 36.4 Å². The van der Waals surface area contributed by atoms with Crippen LogP contribution in [0.2, 0.25) is 5.02 Å². The third-order valence-corrected chi connectivity index (χ3v) is 6.03. The second-order valence-electron chi connectivity index (χ2n) is 7.88. The number of alkyl halides is 1. The fourth-order valence-electron chi connectivity index (χ4n) is 3.98. The Kier molecular flexibility index (Phi) is 8.73. The molecule has 1 atom stereocenters. The predicted molar refractivity (Wildman–Crippen MR) is 121 cm³/mol. The second-order valence-corrected chi connectivity index (χ2v) is 8.70. The molecule has 0 heterocycles. The van der Waals surface area contributed by atoms with Crippen molar-refractivity contribution in [2.45, 2.75) is 57.2 Å². The monoisotopic (exact) mass is 464 g/mol. The highest BCUT2D eigenvalue weighted by Crippen LogP contribution is 2.27. The van der Waals surface area contributed by atoms with E-state index in [4.69, 9.17) is 23.2 Å². The summed E-state index contributed by atoms with van der Waals surface area (Å²) in [5, 5.41) is 3.69. The Morgan fingerprint density at radius 3 is 2.29 bits per heavy atom. The summed E-state index contributed by atoms with van der Waals surface area (Å²) in [5.74, 6) is -0.667. The van der Waals surface area contributed by atoms with Gasteiger partial charge in [-0.15, -0.1) is 11.6 Å². The molecule has 1 aliphatic rings. The maximum Gasteiger partial charge on any atom is 0.247 e. The highest BCUT2D eigenvalue weighted by atomic mass is 35.5. The number of carbonyl (C=O) groups excluding carboxylic acids is 2. The number of amides is 2. The van der Waals surface area contributed by atoms with E-state index in [0.29, 0.717) is 10.6 Å². The van der Waals surface area contributed by atoms with Crippen LogP contribution in [-0.2, 0) is 16.1 Å². The van der Waals surface area contributed by atoms with Crippen LogP contribution in [0, 0.1) is 5.82 Å². The molecule has 1 N–H and O–H groups in total. The number of rotatable bonds is 8. The van der Waals surface area contributed by atoms with Gasteiger partial charge in [0, 0.05) is 29.9 Å². The Hall–Kier alpha value is -2.11. The number of hydrogen-bond acceptors (Lipinski definition) is 2. The molecule has 0 aliphatic heterocycles. The van der Waals surface area contributed by atoms with Gasteiger partial charge in [-0.1, -0.05) is 55.1 Å². The third-order valence-electron chi connectivity index (χ3n) is 5.59. The number of halogens is 3. The van der Waals surface area contributed by atoms with Crippen molar-refractivity contribution < 1.29 is 14.0 Å². The summed E-state index contributed by atoms with van der Waals surface area (Å²) < 4.78 is 13.4. The van der Waals surface area contributed by atoms with Crippen molar-refractivity contribution in [3.05, 3.63) is 70.5 Å². The van der Waals surface area contributed by atoms with Crippen molar-refractivity contribution in [3.8, 4) is 0 Å². The maximum atomic E-state index is 13.5. The van der Waals surface area contributed by atoms with Gasteiger partial charge in [-0.25, -0.2) is 4.39 Å². The molecule has 2 amide bonds. The molecule has 2 aromatic rings. The van der Waals surface area contributed by atoms with Gasteiger partial charge in [-0.05, 0) is 48.2 Å². The number of hydrogen-bond donors (Lipinski definition) is 1. The number of benzene rings is 2. The molecule has 0 unspecified atom stereocenters. The van der Waals surface area contributed by atoms with Crippen molar-refractivity contribution in [1.82, 2.24) is 10.2 Å². The van der Waals surface area contributed by atoms with Gasteiger partial charge in [0.05, 0.1) is 0 Å². The predicted octanol–water partition coefficient (Wildman–Crippen LogP) is 5.63. The smallest absolute Gasteiger partial charge is 0.247 e. The molecule has 3 rings (SSSR count). The van der Waals surface area contributed by atoms with Crippen molar-refractivity contribution in [2.24, 2.45) is 0 Å². The molecular weight excluding hydrogens is 438 g/mol. The molecule has 166 valence electrons. The van der Waals surface area contributed by atoms with Crippen LogP contribution in [0.15, 0.2) is 48.5 Å². The molecule has 1 fully saturated rings. The third kappa shape index (κ3) is 6.68. The fraction of sp³-hybridized carbons (Fsp3) is 0.417. The summed E-state index contributed by atoms with van der Waals surface area (Å²) in [6.45, 7) is 0.168. The normalized spacial score (nSPS) is 15.3. The van der Waals surface area contributed by atoms with Crippen LogP contribution in [0.3, 0.4) is 0 Å². The summed E-state index contributed by atoms with van der Waals surface area (Å²) >= 11 is 11.9. The number of carbonyl (C=O) groups is 2. The molecule has 2 aromatic carbocycles. The fourth-order valence-corrected chi connectivity index (χ4v) is 4.27. The van der Waals surface area contributed by atoms with Crippen LogP contribution in [0.1, 0.15) is 55.7 Å². The van der Waals surface area contributed by atoms with E-state index in [0.717, 1.165) is 31.2 Å². The molecule has 0 saturated heterocycles. The lowest BCUT2D eigenvalue weighted by Gasteiger charge is -2.33. The molecule has 31 heavy (non-hydrogen) atoms. The maximum absolute atomic E-state index is 13.5. The Morgan fingerprint density at radius 1 is 1.03 bits per heavy atom. The topological polar surface area (TPSA) is 49.4 Å². The van der Waals surface area contributed by atoms with E-state index in [2.05, 4.69) is 5.32 Å². The molecule has 0 aromatic heterocycles. The van der Waals surface area contributed by atoms with E-state index < -0.39 is 6.04 Å². The van der Waals surface area contributed by atoms with Crippen molar-refractivity contribution >= 4 is 35.0 Å². The van der Waals surface area contributed by atoms with Crippen molar-refractivity contribution in [1.29, 1.82) is 0 Å². The first-order valence-electron chi connectivity index (χ1n) is 10.6. The highest BCUT2D eigenvalue weighted by Gasteiger charge is 2.32. The summed E-state index contributed by atoms with van der Waals surface area (Å²) in [5.41, 5.74) is 1.40. The van der Waals surface area contributed by atoms with Crippen LogP contribution in [0.4, 0.5) is 4.39 Å². The zero-order chi connectivity index (χ0) is 22.2. The number of nitrogens with zero attached hydrogens (tertiary/aromatic N) is 1. The Morgan fingerprint density at radius 2 is 1.68 bits per heavy atom. The first kappa shape index (κ1) is 23.6. The summed E-state index contributed by atoms with van der Waals surface area (Å²) in [4.78, 5) is 28.0. The standard InChI is InChI=1S/C24H27Cl2FN2O2/c25-15-14-22(30)29(16-17-6-12-20(27)13-7-17)23(18-8-10-19(26)11-9-18)24(31)28-21-4-2-1-3-5-21/h6-13,21,23H,1-5,14-16H2,(H,28,31)/t23-/m0/s1. The van der Waals surface area contributed by atoms with Gasteiger partial charge in [0.2, 0.25) is 11.8 Å². The number of nitrogens with one attached hydrogen (secondary N) is 1. The second kappa shape index (κ2) is 11.5. The Labute approximate surface area is 192 Å². The lowest BCUT2D eigenvalue weighted by Crippen LogP contribution is -2.46. The minimum Gasteiger partial charge on any atom is -0.351 e. The molecule has 1 aliphatic carbocycles. The molecular formula is C24H27Cl2FN2O2. The van der Waals surface area contributed by atoms with Gasteiger partial charge in [0.15, 0.2) is 0 Å². The van der Waals surface area contributed by atoms with Gasteiger partial charge in [-0.2, -0.15) is 0 Å². The van der Waals surface area contributed by atoms with Crippen LogP contribution < -0.4 is 5.32 Å². The lowest BCUT2D eigenvalue weighted by atomic mass is 9.94. The Balaban J connectivity index is 1.94. The van der Waals surface area contributed by atoms with Crippen LogP contribution in [0.5, 0.6) is 0 Å². The van der Waals surface area contributed by atoms with E-state index in [1.807, 2.05) is 0 Å².